The number of aryl methyl sites for hydroxylation is 1. The Labute approximate surface area is 398 Å². The Bertz CT molecular complexity index is 3170. The summed E-state index contributed by atoms with van der Waals surface area (Å²) in [5.74, 6) is 0. The fourth-order valence-electron chi connectivity index (χ4n) is 11.0. The molecule has 3 nitrogen and oxygen atoms in total. The Morgan fingerprint density at radius 3 is 1.55 bits per heavy atom. The first kappa shape index (κ1) is 42.4. The van der Waals surface area contributed by atoms with Crippen LogP contribution in [0.15, 0.2) is 213 Å². The summed E-state index contributed by atoms with van der Waals surface area (Å²) >= 11 is 0. The van der Waals surface area contributed by atoms with Crippen LogP contribution >= 0.6 is 0 Å². The first-order valence-corrected chi connectivity index (χ1v) is 25.7. The SMILES string of the molecule is Cc1cc2c3c(c1)N(c1ccc([Si](c4ccccc4)(c4ccccc4)c4ccccc4)cc1-c1cccnc1)c1ccccc1B3c1cc(C(C)(C)C)ccc1N2c1ccc(C(C)(C)C)cc1. The number of pyridine rings is 1. The molecule has 0 fully saturated rings. The van der Waals surface area contributed by atoms with Crippen molar-refractivity contribution in [3.63, 3.8) is 0 Å². The highest BCUT2D eigenvalue weighted by Crippen LogP contribution is 2.47. The number of hydrogen-bond acceptors (Lipinski definition) is 3. The zero-order valence-electron chi connectivity index (χ0n) is 39.6. The molecule has 3 heterocycles. The van der Waals surface area contributed by atoms with Crippen molar-refractivity contribution in [2.75, 3.05) is 9.80 Å². The molecule has 67 heavy (non-hydrogen) atoms. The minimum atomic E-state index is -2.87. The predicted molar refractivity (Wildman–Crippen MR) is 289 cm³/mol. The Morgan fingerprint density at radius 1 is 0.433 bits per heavy atom. The molecule has 2 aliphatic heterocycles. The fraction of sp³-hybridized carbons (Fsp3) is 0.145. The molecular weight excluding hydrogens is 826 g/mol. The second-order valence-corrected chi connectivity index (χ2v) is 24.3. The molecule has 0 saturated heterocycles. The number of benzene rings is 8. The monoisotopic (exact) mass is 881 g/mol. The van der Waals surface area contributed by atoms with Crippen molar-refractivity contribution in [2.45, 2.75) is 59.3 Å². The summed E-state index contributed by atoms with van der Waals surface area (Å²) in [6.07, 6.45) is 3.92. The molecule has 0 saturated carbocycles. The van der Waals surface area contributed by atoms with Gasteiger partial charge in [-0.2, -0.15) is 0 Å². The van der Waals surface area contributed by atoms with Gasteiger partial charge in [0.2, 0.25) is 0 Å². The van der Waals surface area contributed by atoms with Gasteiger partial charge in [0.15, 0.2) is 8.07 Å². The number of anilines is 6. The molecule has 1 aromatic heterocycles. The minimum absolute atomic E-state index is 0.0239. The molecule has 326 valence electrons. The van der Waals surface area contributed by atoms with Gasteiger partial charge in [0.25, 0.3) is 6.71 Å². The van der Waals surface area contributed by atoms with Crippen molar-refractivity contribution < 1.29 is 0 Å². The zero-order chi connectivity index (χ0) is 46.1. The van der Waals surface area contributed by atoms with Crippen molar-refractivity contribution in [3.8, 4) is 11.1 Å². The maximum absolute atomic E-state index is 4.77. The molecule has 2 aliphatic rings. The summed E-state index contributed by atoms with van der Waals surface area (Å²) in [5.41, 5.74) is 17.2. The van der Waals surface area contributed by atoms with Gasteiger partial charge in [0, 0.05) is 52.0 Å². The van der Waals surface area contributed by atoms with Crippen LogP contribution in [0.4, 0.5) is 34.1 Å². The molecule has 0 unspecified atom stereocenters. The summed E-state index contributed by atoms with van der Waals surface area (Å²) in [5, 5.41) is 5.36. The van der Waals surface area contributed by atoms with Crippen molar-refractivity contribution in [2.24, 2.45) is 0 Å². The smallest absolute Gasteiger partial charge is 0.252 e. The van der Waals surface area contributed by atoms with E-state index in [1.807, 2.05) is 12.4 Å². The average Bonchev–Trinajstić information content (AvgIpc) is 3.35. The van der Waals surface area contributed by atoms with E-state index in [9.17, 15) is 0 Å². The molecule has 5 heteroatoms. The van der Waals surface area contributed by atoms with Gasteiger partial charge in [0.05, 0.1) is 5.69 Å². The number of fused-ring (bicyclic) bond motifs is 4. The number of hydrogen-bond donors (Lipinski definition) is 0. The molecule has 0 radical (unpaired) electrons. The van der Waals surface area contributed by atoms with Crippen LogP contribution in [0.2, 0.25) is 0 Å². The lowest BCUT2D eigenvalue weighted by atomic mass is 9.33. The number of nitrogens with zero attached hydrogens (tertiary/aromatic N) is 3. The van der Waals surface area contributed by atoms with E-state index in [0.29, 0.717) is 0 Å². The van der Waals surface area contributed by atoms with Crippen LogP contribution < -0.4 is 46.9 Å². The lowest BCUT2D eigenvalue weighted by Crippen LogP contribution is -2.74. The van der Waals surface area contributed by atoms with Gasteiger partial charge in [-0.1, -0.05) is 193 Å². The van der Waals surface area contributed by atoms with E-state index in [1.165, 1.54) is 82.3 Å². The van der Waals surface area contributed by atoms with Gasteiger partial charge in [0.1, 0.15) is 0 Å². The van der Waals surface area contributed by atoms with Crippen molar-refractivity contribution in [3.05, 3.63) is 229 Å². The van der Waals surface area contributed by atoms with Crippen LogP contribution in [0.3, 0.4) is 0 Å². The van der Waals surface area contributed by atoms with Crippen molar-refractivity contribution >= 4 is 86.0 Å². The van der Waals surface area contributed by atoms with Crippen LogP contribution in [0, 0.1) is 6.92 Å². The number of rotatable bonds is 7. The molecule has 0 bridgehead atoms. The first-order chi connectivity index (χ1) is 32.4. The Kier molecular flexibility index (Phi) is 10.3. The molecule has 9 aromatic rings. The highest BCUT2D eigenvalue weighted by atomic mass is 28.3. The maximum Gasteiger partial charge on any atom is 0.252 e. The summed E-state index contributed by atoms with van der Waals surface area (Å²) in [6.45, 7) is 16.1. The highest BCUT2D eigenvalue weighted by Gasteiger charge is 2.45. The average molecular weight is 882 g/mol. The molecule has 8 aromatic carbocycles. The third-order valence-corrected chi connectivity index (χ3v) is 19.0. The van der Waals surface area contributed by atoms with Gasteiger partial charge in [-0.15, -0.1) is 0 Å². The van der Waals surface area contributed by atoms with Crippen LogP contribution in [0.25, 0.3) is 11.1 Å². The summed E-state index contributed by atoms with van der Waals surface area (Å²) in [4.78, 5) is 9.87. The van der Waals surface area contributed by atoms with Crippen LogP contribution in [-0.2, 0) is 10.8 Å². The quantitative estimate of drug-likeness (QED) is 0.117. The van der Waals surface area contributed by atoms with Crippen LogP contribution in [-0.4, -0.2) is 19.8 Å². The number of para-hydroxylation sites is 1. The largest absolute Gasteiger partial charge is 0.311 e. The van der Waals surface area contributed by atoms with E-state index < -0.39 is 8.07 Å². The lowest BCUT2D eigenvalue weighted by Gasteiger charge is -2.45. The normalized spacial score (nSPS) is 13.2. The molecule has 0 atom stereocenters. The van der Waals surface area contributed by atoms with E-state index >= 15 is 0 Å². The third-order valence-electron chi connectivity index (χ3n) is 14.2. The lowest BCUT2D eigenvalue weighted by molar-refractivity contribution is 0.590. The maximum atomic E-state index is 4.77. The molecular formula is C62H56BN3Si. The molecule has 0 spiro atoms. The Hall–Kier alpha value is -7.21. The summed E-state index contributed by atoms with van der Waals surface area (Å²) in [7, 11) is -2.87. The van der Waals surface area contributed by atoms with Gasteiger partial charge in [-0.25, -0.2) is 0 Å². The predicted octanol–water partition coefficient (Wildman–Crippen LogP) is 11.1. The van der Waals surface area contributed by atoms with E-state index in [-0.39, 0.29) is 17.5 Å². The summed E-state index contributed by atoms with van der Waals surface area (Å²) < 4.78 is 0. The zero-order valence-corrected chi connectivity index (χ0v) is 40.6. The second-order valence-electron chi connectivity index (χ2n) is 20.5. The highest BCUT2D eigenvalue weighted by molar-refractivity contribution is 7.20. The van der Waals surface area contributed by atoms with Crippen molar-refractivity contribution in [1.82, 2.24) is 4.98 Å². The molecule has 0 aliphatic carbocycles. The minimum Gasteiger partial charge on any atom is -0.311 e. The fourth-order valence-corrected chi connectivity index (χ4v) is 15.8. The van der Waals surface area contributed by atoms with E-state index in [2.05, 4.69) is 258 Å². The van der Waals surface area contributed by atoms with Gasteiger partial charge < -0.3 is 9.80 Å². The third kappa shape index (κ3) is 7.07. The topological polar surface area (TPSA) is 19.4 Å². The van der Waals surface area contributed by atoms with E-state index in [1.54, 1.807) is 0 Å². The second kappa shape index (κ2) is 16.3. The first-order valence-electron chi connectivity index (χ1n) is 23.7. The van der Waals surface area contributed by atoms with Crippen LogP contribution in [0.5, 0.6) is 0 Å². The molecule has 11 rings (SSSR count). The standard InChI is InChI=1S/C62H56BN3Si/c1-43-38-58-60-59(39-43)66(56-28-18-17-27-53(56)63(60)54-40-46(62(5,6)7)31-35-57(54)65(58)47-32-29-45(30-33-47)61(2,3)4)55-36-34-51(41-52(55)44-20-19-37-64-42-44)67(48-21-11-8-12-22-48,49-23-13-9-14-24-49)50-25-15-10-16-26-50/h8-42H,1-7H3. The van der Waals surface area contributed by atoms with Gasteiger partial charge in [-0.05, 0) is 120 Å². The van der Waals surface area contributed by atoms with Crippen molar-refractivity contribution in [1.29, 1.82) is 0 Å². The van der Waals surface area contributed by atoms with Crippen LogP contribution in [0.1, 0.15) is 58.2 Å². The Morgan fingerprint density at radius 2 is 0.970 bits per heavy atom. The van der Waals surface area contributed by atoms with E-state index in [4.69, 9.17) is 4.98 Å². The van der Waals surface area contributed by atoms with Gasteiger partial charge in [-0.3, -0.25) is 4.98 Å². The van der Waals surface area contributed by atoms with E-state index in [0.717, 1.165) is 16.8 Å². The number of aromatic nitrogens is 1. The molecule has 0 amide bonds. The Balaban J connectivity index is 1.21. The summed E-state index contributed by atoms with van der Waals surface area (Å²) in [6, 6.07) is 75.9. The molecule has 0 N–H and O–H groups in total. The van der Waals surface area contributed by atoms with Gasteiger partial charge >= 0.3 is 0 Å².